The molecule has 1 saturated heterocycles. The molecule has 0 saturated carbocycles. The van der Waals surface area contributed by atoms with Crippen molar-refractivity contribution in [2.45, 2.75) is 45.1 Å². The van der Waals surface area contributed by atoms with E-state index in [-0.39, 0.29) is 23.2 Å². The van der Waals surface area contributed by atoms with Crippen LogP contribution in [0.25, 0.3) is 0 Å². The lowest BCUT2D eigenvalue weighted by Gasteiger charge is -2.54. The van der Waals surface area contributed by atoms with E-state index in [1.165, 1.54) is 6.07 Å². The normalized spacial score (nSPS) is 26.9. The second kappa shape index (κ2) is 7.00. The van der Waals surface area contributed by atoms with Crippen molar-refractivity contribution < 1.29 is 18.3 Å². The summed E-state index contributed by atoms with van der Waals surface area (Å²) in [4.78, 5) is 0. The van der Waals surface area contributed by atoms with Gasteiger partial charge in [-0.2, -0.15) is 0 Å². The average Bonchev–Trinajstić information content (AvgIpc) is 2.64. The van der Waals surface area contributed by atoms with Gasteiger partial charge in [0.2, 0.25) is 0 Å². The quantitative estimate of drug-likeness (QED) is 0.614. The van der Waals surface area contributed by atoms with Gasteiger partial charge in [0.25, 0.3) is 0 Å². The van der Waals surface area contributed by atoms with Crippen LogP contribution in [0.4, 0.5) is 8.78 Å². The van der Waals surface area contributed by atoms with Gasteiger partial charge in [0.1, 0.15) is 5.82 Å². The fourth-order valence-electron chi connectivity index (χ4n) is 4.96. The van der Waals surface area contributed by atoms with E-state index >= 15 is 4.39 Å². The highest BCUT2D eigenvalue weighted by Gasteiger charge is 2.55. The Morgan fingerprint density at radius 2 is 1.75 bits per heavy atom. The first-order chi connectivity index (χ1) is 13.2. The highest BCUT2D eigenvalue weighted by atomic mass is 35.5. The van der Waals surface area contributed by atoms with E-state index in [0.29, 0.717) is 36.6 Å². The Kier molecular flexibility index (Phi) is 4.91. The molecule has 2 aliphatic heterocycles. The predicted octanol–water partition coefficient (Wildman–Crippen LogP) is 5.94. The molecule has 2 aromatic rings. The molecule has 150 valence electrons. The molecule has 2 aliphatic rings. The summed E-state index contributed by atoms with van der Waals surface area (Å²) < 4.78 is 41.7. The maximum atomic E-state index is 15.1. The minimum absolute atomic E-state index is 0.0553. The van der Waals surface area contributed by atoms with Gasteiger partial charge in [-0.1, -0.05) is 44.5 Å². The van der Waals surface area contributed by atoms with Crippen molar-refractivity contribution >= 4 is 11.6 Å². The van der Waals surface area contributed by atoms with Gasteiger partial charge in [0, 0.05) is 28.5 Å². The molecule has 2 aromatic carbocycles. The molecular weight excluding hydrogens is 382 g/mol. The van der Waals surface area contributed by atoms with E-state index in [9.17, 15) is 4.39 Å². The Bertz CT molecular complexity index is 875. The molecule has 2 heterocycles. The second-order valence-corrected chi connectivity index (χ2v) is 9.45. The molecule has 5 heteroatoms. The van der Waals surface area contributed by atoms with Crippen molar-refractivity contribution in [2.24, 2.45) is 11.3 Å². The second-order valence-electron chi connectivity index (χ2n) is 9.02. The summed E-state index contributed by atoms with van der Waals surface area (Å²) in [6.45, 7) is 7.17. The SMILES string of the molecule is CC(C)(C)[C@H]1OCC[C@]2(Cc3ccc(Cl)cc3)c3c(F)ccc(F)c3OC[C@H]12. The molecule has 3 atom stereocenters. The van der Waals surface area contributed by atoms with Gasteiger partial charge in [-0.25, -0.2) is 8.78 Å². The van der Waals surface area contributed by atoms with Gasteiger partial charge in [0.15, 0.2) is 11.6 Å². The topological polar surface area (TPSA) is 18.5 Å². The summed E-state index contributed by atoms with van der Waals surface area (Å²) in [5.74, 6) is -0.950. The van der Waals surface area contributed by atoms with Crippen LogP contribution in [0.1, 0.15) is 38.3 Å². The zero-order chi connectivity index (χ0) is 20.1. The van der Waals surface area contributed by atoms with Gasteiger partial charge in [-0.15, -0.1) is 0 Å². The zero-order valence-electron chi connectivity index (χ0n) is 16.4. The lowest BCUT2D eigenvalue weighted by Crippen LogP contribution is -2.58. The van der Waals surface area contributed by atoms with Crippen molar-refractivity contribution in [1.29, 1.82) is 0 Å². The molecule has 0 radical (unpaired) electrons. The Morgan fingerprint density at radius 1 is 1.07 bits per heavy atom. The Labute approximate surface area is 169 Å². The zero-order valence-corrected chi connectivity index (χ0v) is 17.2. The summed E-state index contributed by atoms with van der Waals surface area (Å²) >= 11 is 6.05. The van der Waals surface area contributed by atoms with E-state index in [2.05, 4.69) is 20.8 Å². The predicted molar refractivity (Wildman–Crippen MR) is 106 cm³/mol. The van der Waals surface area contributed by atoms with Crippen LogP contribution in [0.3, 0.4) is 0 Å². The van der Waals surface area contributed by atoms with Crippen molar-refractivity contribution in [3.05, 3.63) is 64.2 Å². The Morgan fingerprint density at radius 3 is 2.43 bits per heavy atom. The van der Waals surface area contributed by atoms with E-state index in [0.717, 1.165) is 11.6 Å². The third-order valence-corrected chi connectivity index (χ3v) is 6.42. The summed E-state index contributed by atoms with van der Waals surface area (Å²) in [5, 5.41) is 0.655. The lowest BCUT2D eigenvalue weighted by molar-refractivity contribution is -0.139. The Balaban J connectivity index is 1.90. The van der Waals surface area contributed by atoms with Crippen molar-refractivity contribution in [2.75, 3.05) is 13.2 Å². The van der Waals surface area contributed by atoms with E-state index in [1.54, 1.807) is 0 Å². The summed E-state index contributed by atoms with van der Waals surface area (Å²) in [5.41, 5.74) is 0.654. The molecule has 0 spiro atoms. The first-order valence-corrected chi connectivity index (χ1v) is 10.1. The van der Waals surface area contributed by atoms with Gasteiger partial charge < -0.3 is 9.47 Å². The van der Waals surface area contributed by atoms with Crippen LogP contribution in [0.5, 0.6) is 5.75 Å². The highest BCUT2D eigenvalue weighted by Crippen LogP contribution is 2.54. The maximum absolute atomic E-state index is 15.1. The number of benzene rings is 2. The van der Waals surface area contributed by atoms with Gasteiger partial charge in [0.05, 0.1) is 12.7 Å². The molecule has 4 rings (SSSR count). The third-order valence-electron chi connectivity index (χ3n) is 6.17. The number of rotatable bonds is 2. The molecule has 0 N–H and O–H groups in total. The van der Waals surface area contributed by atoms with Gasteiger partial charge in [-0.3, -0.25) is 0 Å². The summed E-state index contributed by atoms with van der Waals surface area (Å²) in [6.07, 6.45) is 1.08. The van der Waals surface area contributed by atoms with E-state index in [1.807, 2.05) is 24.3 Å². The minimum Gasteiger partial charge on any atom is -0.490 e. The van der Waals surface area contributed by atoms with Crippen LogP contribution < -0.4 is 4.74 Å². The summed E-state index contributed by atoms with van der Waals surface area (Å²) in [7, 11) is 0. The molecule has 28 heavy (non-hydrogen) atoms. The molecule has 0 aromatic heterocycles. The van der Waals surface area contributed by atoms with E-state index in [4.69, 9.17) is 21.1 Å². The average molecular weight is 407 g/mol. The van der Waals surface area contributed by atoms with Gasteiger partial charge >= 0.3 is 0 Å². The lowest BCUT2D eigenvalue weighted by atomic mass is 9.58. The van der Waals surface area contributed by atoms with Gasteiger partial charge in [-0.05, 0) is 48.1 Å². The third kappa shape index (κ3) is 3.21. The number of ether oxygens (including phenoxy) is 2. The van der Waals surface area contributed by atoms with Crippen molar-refractivity contribution in [3.8, 4) is 5.75 Å². The number of hydrogen-bond donors (Lipinski definition) is 0. The monoisotopic (exact) mass is 406 g/mol. The number of halogens is 3. The largest absolute Gasteiger partial charge is 0.490 e. The highest BCUT2D eigenvalue weighted by molar-refractivity contribution is 6.30. The summed E-state index contributed by atoms with van der Waals surface area (Å²) in [6, 6.07) is 9.96. The van der Waals surface area contributed by atoms with Crippen LogP contribution >= 0.6 is 11.6 Å². The van der Waals surface area contributed by atoms with Crippen molar-refractivity contribution in [1.82, 2.24) is 0 Å². The molecule has 0 aliphatic carbocycles. The van der Waals surface area contributed by atoms with Crippen LogP contribution in [0.15, 0.2) is 36.4 Å². The standard InChI is InChI=1S/C23H25ClF2O2/c1-22(2,3)21-16-13-28-20-18(26)9-8-17(25)19(20)23(16,10-11-27-21)12-14-4-6-15(24)7-5-14/h4-9,16,21H,10-13H2,1-3H3/t16-,21+,23-/m1/s1. The molecule has 2 nitrogen and oxygen atoms in total. The van der Waals surface area contributed by atoms with E-state index < -0.39 is 17.0 Å². The van der Waals surface area contributed by atoms with Crippen LogP contribution in [-0.2, 0) is 16.6 Å². The smallest absolute Gasteiger partial charge is 0.165 e. The molecule has 1 fully saturated rings. The van der Waals surface area contributed by atoms with Crippen LogP contribution in [0.2, 0.25) is 5.02 Å². The molecule has 0 bridgehead atoms. The van der Waals surface area contributed by atoms with Crippen LogP contribution in [-0.4, -0.2) is 19.3 Å². The number of fused-ring (bicyclic) bond motifs is 3. The molecule has 0 unspecified atom stereocenters. The first kappa shape index (κ1) is 19.7. The van der Waals surface area contributed by atoms with Crippen LogP contribution in [0, 0.1) is 23.0 Å². The molecular formula is C23H25ClF2O2. The fraction of sp³-hybridized carbons (Fsp3) is 0.478. The number of hydrogen-bond acceptors (Lipinski definition) is 2. The minimum atomic E-state index is -0.593. The fourth-order valence-corrected chi connectivity index (χ4v) is 5.08. The Hall–Kier alpha value is -1.65. The van der Waals surface area contributed by atoms with Crippen molar-refractivity contribution in [3.63, 3.8) is 0 Å². The maximum Gasteiger partial charge on any atom is 0.165 e. The first-order valence-electron chi connectivity index (χ1n) is 9.70. The molecule has 0 amide bonds.